The van der Waals surface area contributed by atoms with Crippen LogP contribution in [0.4, 0.5) is 0 Å². The number of hydrogen-bond acceptors (Lipinski definition) is 5. The second kappa shape index (κ2) is 10.4. The largest absolute Gasteiger partial charge is 0.493 e. The number of methoxy groups -OCH3 is 4. The van der Waals surface area contributed by atoms with Crippen LogP contribution in [0.15, 0.2) is 24.3 Å². The molecule has 1 atom stereocenters. The molecule has 0 bridgehead atoms. The monoisotopic (exact) mass is 467 g/mol. The van der Waals surface area contributed by atoms with Gasteiger partial charge in [-0.15, -0.1) is 0 Å². The van der Waals surface area contributed by atoms with Gasteiger partial charge in [0.2, 0.25) is 5.91 Å². The SMILES string of the molecule is COc1cc2c(cc1OC)CC(=O)N(CCC[N+](C)=CC1Cc3cc(OC)c(OC)cc31)CC2. The second-order valence-corrected chi connectivity index (χ2v) is 8.98. The van der Waals surface area contributed by atoms with Crippen LogP contribution in [0.25, 0.3) is 0 Å². The number of benzene rings is 2. The van der Waals surface area contributed by atoms with Gasteiger partial charge in [0.05, 0.1) is 40.8 Å². The van der Waals surface area contributed by atoms with Crippen LogP contribution in [-0.2, 0) is 24.1 Å². The maximum atomic E-state index is 12.9. The van der Waals surface area contributed by atoms with E-state index >= 15 is 0 Å². The molecule has 1 amide bonds. The number of fused-ring (bicyclic) bond motifs is 2. The highest BCUT2D eigenvalue weighted by molar-refractivity contribution is 5.80. The Labute approximate surface area is 201 Å². The van der Waals surface area contributed by atoms with Gasteiger partial charge in [-0.1, -0.05) is 0 Å². The van der Waals surface area contributed by atoms with E-state index in [1.165, 1.54) is 11.1 Å². The molecular formula is C27H35N2O5+. The fraction of sp³-hybridized carbons (Fsp3) is 0.481. The Morgan fingerprint density at radius 2 is 1.50 bits per heavy atom. The first-order valence-electron chi connectivity index (χ1n) is 11.8. The molecule has 2 aromatic carbocycles. The fourth-order valence-electron chi connectivity index (χ4n) is 4.95. The lowest BCUT2D eigenvalue weighted by Gasteiger charge is -2.27. The van der Waals surface area contributed by atoms with Gasteiger partial charge in [0.15, 0.2) is 23.0 Å². The Kier molecular flexibility index (Phi) is 7.29. The molecule has 0 radical (unpaired) electrons. The van der Waals surface area contributed by atoms with E-state index < -0.39 is 0 Å². The van der Waals surface area contributed by atoms with Crippen LogP contribution in [-0.4, -0.2) is 76.7 Å². The van der Waals surface area contributed by atoms with Crippen molar-refractivity contribution >= 4 is 12.1 Å². The van der Waals surface area contributed by atoms with Gasteiger partial charge in [0, 0.05) is 19.5 Å². The summed E-state index contributed by atoms with van der Waals surface area (Å²) in [7, 11) is 8.71. The van der Waals surface area contributed by atoms with Crippen LogP contribution < -0.4 is 18.9 Å². The Morgan fingerprint density at radius 3 is 2.15 bits per heavy atom. The average molecular weight is 468 g/mol. The summed E-state index contributed by atoms with van der Waals surface area (Å²) < 4.78 is 24.0. The summed E-state index contributed by atoms with van der Waals surface area (Å²) in [6.45, 7) is 2.38. The van der Waals surface area contributed by atoms with Gasteiger partial charge in [-0.05, 0) is 59.4 Å². The minimum Gasteiger partial charge on any atom is -0.493 e. The third kappa shape index (κ3) is 4.83. The molecule has 34 heavy (non-hydrogen) atoms. The topological polar surface area (TPSA) is 60.2 Å². The lowest BCUT2D eigenvalue weighted by atomic mass is 9.78. The van der Waals surface area contributed by atoms with Crippen molar-refractivity contribution < 1.29 is 28.3 Å². The summed E-state index contributed by atoms with van der Waals surface area (Å²) in [5, 5.41) is 0. The molecule has 1 unspecified atom stereocenters. The van der Waals surface area contributed by atoms with Crippen molar-refractivity contribution in [3.05, 3.63) is 46.5 Å². The van der Waals surface area contributed by atoms with Gasteiger partial charge >= 0.3 is 0 Å². The summed E-state index contributed by atoms with van der Waals surface area (Å²) in [5.74, 6) is 3.51. The zero-order chi connectivity index (χ0) is 24.2. The predicted molar refractivity (Wildman–Crippen MR) is 131 cm³/mol. The van der Waals surface area contributed by atoms with Gasteiger partial charge in [-0.25, -0.2) is 4.58 Å². The van der Waals surface area contributed by atoms with Crippen molar-refractivity contribution in [3.8, 4) is 23.0 Å². The summed E-state index contributed by atoms with van der Waals surface area (Å²) in [4.78, 5) is 14.9. The smallest absolute Gasteiger partial charge is 0.227 e. The first-order valence-corrected chi connectivity index (χ1v) is 11.8. The van der Waals surface area contributed by atoms with Gasteiger partial charge < -0.3 is 23.8 Å². The number of nitrogens with zero attached hydrogens (tertiary/aromatic N) is 2. The molecule has 0 aromatic heterocycles. The van der Waals surface area contributed by atoms with E-state index in [-0.39, 0.29) is 5.91 Å². The second-order valence-electron chi connectivity index (χ2n) is 8.98. The predicted octanol–water partition coefficient (Wildman–Crippen LogP) is 3.09. The Balaban J connectivity index is 1.33. The van der Waals surface area contributed by atoms with E-state index in [4.69, 9.17) is 18.9 Å². The van der Waals surface area contributed by atoms with Gasteiger partial charge in [0.1, 0.15) is 19.8 Å². The number of amides is 1. The number of rotatable bonds is 9. The molecule has 2 aliphatic rings. The van der Waals surface area contributed by atoms with Crippen molar-refractivity contribution in [1.29, 1.82) is 0 Å². The van der Waals surface area contributed by atoms with E-state index in [2.05, 4.69) is 30.0 Å². The third-order valence-corrected chi connectivity index (χ3v) is 6.91. The lowest BCUT2D eigenvalue weighted by Crippen LogP contribution is -2.34. The van der Waals surface area contributed by atoms with Crippen LogP contribution in [0, 0.1) is 0 Å². The maximum absolute atomic E-state index is 12.9. The molecule has 1 aliphatic carbocycles. The standard InChI is InChI=1S/C27H35N2O5/c1-28(17-21-11-20-14-25(33-4)26(34-5)16-22(20)21)8-6-9-29-10-7-18-12-23(31-2)24(32-3)13-19(18)15-27(29)30/h12-14,16-17,21H,6-11,15H2,1-5H3/q+1. The molecular weight excluding hydrogens is 432 g/mol. The molecule has 0 saturated heterocycles. The Morgan fingerprint density at radius 1 is 0.912 bits per heavy atom. The Hall–Kier alpha value is -3.22. The number of ether oxygens (including phenoxy) is 4. The highest BCUT2D eigenvalue weighted by Crippen LogP contribution is 2.41. The van der Waals surface area contributed by atoms with Crippen LogP contribution in [0.5, 0.6) is 23.0 Å². The molecule has 0 saturated carbocycles. The molecule has 0 fully saturated rings. The normalized spacial score (nSPS) is 17.3. The van der Waals surface area contributed by atoms with E-state index in [0.29, 0.717) is 23.8 Å². The quantitative estimate of drug-likeness (QED) is 0.419. The van der Waals surface area contributed by atoms with Crippen molar-refractivity contribution in [2.75, 3.05) is 55.1 Å². The van der Waals surface area contributed by atoms with Crippen LogP contribution >= 0.6 is 0 Å². The number of hydrogen-bond donors (Lipinski definition) is 0. The zero-order valence-corrected chi connectivity index (χ0v) is 20.8. The summed E-state index contributed by atoms with van der Waals surface area (Å²) in [6, 6.07) is 8.12. The summed E-state index contributed by atoms with van der Waals surface area (Å²) in [6.07, 6.45) is 5.45. The summed E-state index contributed by atoms with van der Waals surface area (Å²) in [5.41, 5.74) is 4.81. The van der Waals surface area contributed by atoms with Crippen LogP contribution in [0.3, 0.4) is 0 Å². The van der Waals surface area contributed by atoms with Crippen LogP contribution in [0.2, 0.25) is 0 Å². The molecule has 1 aliphatic heterocycles. The molecule has 0 spiro atoms. The third-order valence-electron chi connectivity index (χ3n) is 6.91. The highest BCUT2D eigenvalue weighted by atomic mass is 16.5. The molecule has 4 rings (SSSR count). The zero-order valence-electron chi connectivity index (χ0n) is 20.8. The first kappa shape index (κ1) is 23.9. The van der Waals surface area contributed by atoms with Crippen LogP contribution in [0.1, 0.15) is 34.6 Å². The van der Waals surface area contributed by atoms with Gasteiger partial charge in [0.25, 0.3) is 0 Å². The van der Waals surface area contributed by atoms with E-state index in [1.807, 2.05) is 17.0 Å². The van der Waals surface area contributed by atoms with E-state index in [0.717, 1.165) is 61.5 Å². The molecule has 0 N–H and O–H groups in total. The lowest BCUT2D eigenvalue weighted by molar-refractivity contribution is -0.494. The highest BCUT2D eigenvalue weighted by Gasteiger charge is 2.30. The molecule has 7 heteroatoms. The minimum absolute atomic E-state index is 0.173. The molecule has 2 aromatic rings. The number of carbonyl (C=O) groups is 1. The van der Waals surface area contributed by atoms with Gasteiger partial charge in [-0.2, -0.15) is 0 Å². The van der Waals surface area contributed by atoms with Crippen molar-refractivity contribution in [2.45, 2.75) is 31.6 Å². The average Bonchev–Trinajstić information content (AvgIpc) is 2.98. The van der Waals surface area contributed by atoms with Crippen molar-refractivity contribution in [3.63, 3.8) is 0 Å². The molecule has 7 nitrogen and oxygen atoms in total. The van der Waals surface area contributed by atoms with Gasteiger partial charge in [-0.3, -0.25) is 4.79 Å². The molecule has 1 heterocycles. The van der Waals surface area contributed by atoms with E-state index in [9.17, 15) is 4.79 Å². The Bertz CT molecular complexity index is 1090. The van der Waals surface area contributed by atoms with Crippen molar-refractivity contribution in [2.24, 2.45) is 0 Å². The van der Waals surface area contributed by atoms with Crippen molar-refractivity contribution in [1.82, 2.24) is 4.90 Å². The molecule has 182 valence electrons. The fourth-order valence-corrected chi connectivity index (χ4v) is 4.95. The maximum Gasteiger partial charge on any atom is 0.227 e. The van der Waals surface area contributed by atoms with E-state index in [1.54, 1.807) is 28.4 Å². The summed E-state index contributed by atoms with van der Waals surface area (Å²) >= 11 is 0. The minimum atomic E-state index is 0.173. The number of carbonyl (C=O) groups excluding carboxylic acids is 1. The first-order chi connectivity index (χ1) is 16.5.